The first-order valence-electron chi connectivity index (χ1n) is 11.8. The summed E-state index contributed by atoms with van der Waals surface area (Å²) in [5.74, 6) is 0.923. The summed E-state index contributed by atoms with van der Waals surface area (Å²) < 4.78 is 19.3. The molecule has 1 aromatic heterocycles. The molecule has 1 saturated carbocycles. The van der Waals surface area contributed by atoms with Crippen molar-refractivity contribution in [2.75, 3.05) is 0 Å². The molecule has 1 aliphatic rings. The van der Waals surface area contributed by atoms with Crippen LogP contribution in [0.5, 0.6) is 11.5 Å². The summed E-state index contributed by atoms with van der Waals surface area (Å²) >= 11 is 0. The third-order valence-electron chi connectivity index (χ3n) is 6.93. The number of ketones is 2. The SMILES string of the molecule is Cc1cc2nccc(Oc3ccc(CC(=O)C4(C(=O)Cc5ccc(F)cc5)CC4)cc3)c2cc1C. The summed E-state index contributed by atoms with van der Waals surface area (Å²) in [5, 5.41) is 0.949. The van der Waals surface area contributed by atoms with Gasteiger partial charge in [0.15, 0.2) is 11.6 Å². The molecule has 0 N–H and O–H groups in total. The van der Waals surface area contributed by atoms with E-state index in [2.05, 4.69) is 31.0 Å². The maximum Gasteiger partial charge on any atom is 0.150 e. The Balaban J connectivity index is 1.26. The van der Waals surface area contributed by atoms with E-state index in [-0.39, 0.29) is 30.2 Å². The van der Waals surface area contributed by atoms with Crippen LogP contribution in [0.3, 0.4) is 0 Å². The molecule has 1 aliphatic carbocycles. The molecule has 0 unspecified atom stereocenters. The van der Waals surface area contributed by atoms with Gasteiger partial charge in [-0.05, 0) is 91.4 Å². The number of nitrogens with zero attached hydrogens (tertiary/aromatic N) is 1. The zero-order valence-electron chi connectivity index (χ0n) is 19.8. The molecular weight excluding hydrogens is 441 g/mol. The lowest BCUT2D eigenvalue weighted by Crippen LogP contribution is -2.28. The number of Topliss-reactive ketones (excluding diaryl/α,β-unsaturated/α-hetero) is 2. The summed E-state index contributed by atoms with van der Waals surface area (Å²) in [5.41, 5.74) is 3.91. The molecule has 5 rings (SSSR count). The molecule has 4 nitrogen and oxygen atoms in total. The Morgan fingerprint density at radius 3 is 2.03 bits per heavy atom. The van der Waals surface area contributed by atoms with Crippen molar-refractivity contribution in [1.82, 2.24) is 4.98 Å². The predicted octanol–water partition coefficient (Wildman–Crippen LogP) is 6.49. The van der Waals surface area contributed by atoms with E-state index < -0.39 is 5.41 Å². The molecule has 0 aliphatic heterocycles. The summed E-state index contributed by atoms with van der Waals surface area (Å²) in [6, 6.07) is 19.3. The van der Waals surface area contributed by atoms with E-state index in [0.29, 0.717) is 18.6 Å². The van der Waals surface area contributed by atoms with Crippen molar-refractivity contribution in [3.63, 3.8) is 0 Å². The maximum absolute atomic E-state index is 13.1. The van der Waals surface area contributed by atoms with Crippen LogP contribution >= 0.6 is 0 Å². The van der Waals surface area contributed by atoms with Gasteiger partial charge in [0, 0.05) is 24.4 Å². The fraction of sp³-hybridized carbons (Fsp3) is 0.233. The van der Waals surface area contributed by atoms with Crippen LogP contribution in [0.1, 0.15) is 35.1 Å². The number of rotatable bonds is 8. The number of carbonyl (C=O) groups excluding carboxylic acids is 2. The van der Waals surface area contributed by atoms with Gasteiger partial charge in [-0.15, -0.1) is 0 Å². The van der Waals surface area contributed by atoms with Gasteiger partial charge in [-0.2, -0.15) is 0 Å². The predicted molar refractivity (Wildman–Crippen MR) is 133 cm³/mol. The molecule has 4 aromatic rings. The van der Waals surface area contributed by atoms with Crippen LogP contribution in [0.25, 0.3) is 10.9 Å². The van der Waals surface area contributed by atoms with Crippen molar-refractivity contribution in [2.24, 2.45) is 5.41 Å². The standard InChI is InChI=1S/C30H26FNO3/c1-19-15-25-26(16-20(19)2)32-14-11-27(25)35-24-9-5-22(6-10-24)18-29(34)30(12-13-30)28(33)17-21-3-7-23(31)8-4-21/h3-11,14-16H,12-13,17-18H2,1-2H3. The Morgan fingerprint density at radius 2 is 1.43 bits per heavy atom. The first-order valence-corrected chi connectivity index (χ1v) is 11.8. The monoisotopic (exact) mass is 467 g/mol. The molecule has 1 fully saturated rings. The third-order valence-corrected chi connectivity index (χ3v) is 6.93. The number of aromatic nitrogens is 1. The Kier molecular flexibility index (Phi) is 5.93. The van der Waals surface area contributed by atoms with E-state index in [9.17, 15) is 14.0 Å². The summed E-state index contributed by atoms with van der Waals surface area (Å²) in [6.45, 7) is 4.13. The molecule has 35 heavy (non-hydrogen) atoms. The van der Waals surface area contributed by atoms with Gasteiger partial charge < -0.3 is 4.74 Å². The van der Waals surface area contributed by atoms with Crippen LogP contribution in [0, 0.1) is 25.1 Å². The molecule has 0 radical (unpaired) electrons. The van der Waals surface area contributed by atoms with E-state index >= 15 is 0 Å². The Morgan fingerprint density at radius 1 is 0.857 bits per heavy atom. The van der Waals surface area contributed by atoms with Gasteiger partial charge in [-0.25, -0.2) is 4.39 Å². The molecule has 3 aromatic carbocycles. The highest BCUT2D eigenvalue weighted by Crippen LogP contribution is 2.48. The van der Waals surface area contributed by atoms with E-state index in [0.717, 1.165) is 27.8 Å². The molecule has 0 bridgehead atoms. The number of aryl methyl sites for hydroxylation is 2. The lowest BCUT2D eigenvalue weighted by atomic mass is 9.88. The molecule has 0 amide bonds. The van der Waals surface area contributed by atoms with Gasteiger partial charge in [-0.1, -0.05) is 24.3 Å². The Labute approximate surface area is 203 Å². The van der Waals surface area contributed by atoms with E-state index in [1.165, 1.54) is 23.3 Å². The minimum absolute atomic E-state index is 0.0516. The minimum Gasteiger partial charge on any atom is -0.457 e. The first kappa shape index (κ1) is 22.9. The zero-order chi connectivity index (χ0) is 24.6. The van der Waals surface area contributed by atoms with Crippen molar-refractivity contribution in [2.45, 2.75) is 39.5 Å². The number of hydrogen-bond acceptors (Lipinski definition) is 4. The maximum atomic E-state index is 13.1. The average molecular weight is 468 g/mol. The molecule has 5 heteroatoms. The number of halogens is 1. The minimum atomic E-state index is -0.893. The Bertz CT molecular complexity index is 1420. The second kappa shape index (κ2) is 9.06. The molecule has 1 heterocycles. The average Bonchev–Trinajstić information content (AvgIpc) is 3.65. The number of benzene rings is 3. The van der Waals surface area contributed by atoms with Gasteiger partial charge in [-0.3, -0.25) is 14.6 Å². The highest BCUT2D eigenvalue weighted by Gasteiger charge is 2.54. The normalized spacial score (nSPS) is 14.0. The first-order chi connectivity index (χ1) is 16.8. The Hall–Kier alpha value is -3.86. The lowest BCUT2D eigenvalue weighted by Gasteiger charge is -2.14. The van der Waals surface area contributed by atoms with E-state index in [4.69, 9.17) is 4.74 Å². The van der Waals surface area contributed by atoms with Crippen molar-refractivity contribution in [3.8, 4) is 11.5 Å². The third kappa shape index (κ3) is 4.72. The molecule has 176 valence electrons. The largest absolute Gasteiger partial charge is 0.457 e. The second-order valence-electron chi connectivity index (χ2n) is 9.42. The van der Waals surface area contributed by atoms with Crippen LogP contribution in [-0.2, 0) is 22.4 Å². The smallest absolute Gasteiger partial charge is 0.150 e. The molecule has 0 atom stereocenters. The summed E-state index contributed by atoms with van der Waals surface area (Å²) in [4.78, 5) is 30.4. The number of hydrogen-bond donors (Lipinski definition) is 0. The van der Waals surface area contributed by atoms with Gasteiger partial charge in [0.2, 0.25) is 0 Å². The van der Waals surface area contributed by atoms with Crippen molar-refractivity contribution in [3.05, 3.63) is 101 Å². The van der Waals surface area contributed by atoms with Gasteiger partial charge in [0.05, 0.1) is 10.9 Å². The number of fused-ring (bicyclic) bond motifs is 1. The van der Waals surface area contributed by atoms with Gasteiger partial charge >= 0.3 is 0 Å². The van der Waals surface area contributed by atoms with Crippen molar-refractivity contribution < 1.29 is 18.7 Å². The van der Waals surface area contributed by atoms with Crippen LogP contribution < -0.4 is 4.74 Å². The van der Waals surface area contributed by atoms with Gasteiger partial charge in [0.1, 0.15) is 17.3 Å². The number of ether oxygens (including phenoxy) is 1. The highest BCUT2D eigenvalue weighted by molar-refractivity contribution is 6.10. The fourth-order valence-corrected chi connectivity index (χ4v) is 4.42. The highest BCUT2D eigenvalue weighted by atomic mass is 19.1. The van der Waals surface area contributed by atoms with Crippen LogP contribution in [0.15, 0.2) is 72.9 Å². The van der Waals surface area contributed by atoms with E-state index in [1.807, 2.05) is 30.3 Å². The topological polar surface area (TPSA) is 56.3 Å². The van der Waals surface area contributed by atoms with E-state index in [1.54, 1.807) is 18.3 Å². The zero-order valence-corrected chi connectivity index (χ0v) is 19.8. The van der Waals surface area contributed by atoms with Crippen LogP contribution in [0.4, 0.5) is 4.39 Å². The summed E-state index contributed by atoms with van der Waals surface area (Å²) in [6.07, 6.45) is 3.25. The lowest BCUT2D eigenvalue weighted by molar-refractivity contribution is -0.133. The molecular formula is C30H26FNO3. The van der Waals surface area contributed by atoms with Crippen molar-refractivity contribution >= 4 is 22.5 Å². The molecule has 0 saturated heterocycles. The quantitative estimate of drug-likeness (QED) is 0.278. The second-order valence-corrected chi connectivity index (χ2v) is 9.42. The van der Waals surface area contributed by atoms with Gasteiger partial charge in [0.25, 0.3) is 0 Å². The van der Waals surface area contributed by atoms with Crippen LogP contribution in [-0.4, -0.2) is 16.6 Å². The number of pyridine rings is 1. The molecule has 0 spiro atoms. The number of carbonyl (C=O) groups is 2. The summed E-state index contributed by atoms with van der Waals surface area (Å²) in [7, 11) is 0. The van der Waals surface area contributed by atoms with Crippen molar-refractivity contribution in [1.29, 1.82) is 0 Å². The fourth-order valence-electron chi connectivity index (χ4n) is 4.42. The van der Waals surface area contributed by atoms with Crippen LogP contribution in [0.2, 0.25) is 0 Å².